The van der Waals surface area contributed by atoms with Gasteiger partial charge in [0.2, 0.25) is 0 Å². The lowest BCUT2D eigenvalue weighted by Gasteiger charge is -2.05. The molecule has 0 N–H and O–H groups in total. The van der Waals surface area contributed by atoms with Gasteiger partial charge in [-0.2, -0.15) is 0 Å². The molecule has 0 radical (unpaired) electrons. The molecule has 0 heterocycles. The van der Waals surface area contributed by atoms with Crippen LogP contribution in [0.1, 0.15) is 91.4 Å². The Morgan fingerprint density at radius 1 is 0.808 bits per heavy atom. The third-order valence-electron chi connectivity index (χ3n) is 3.76. The highest BCUT2D eigenvalue weighted by atomic mass is 16.5. The van der Waals surface area contributed by atoms with E-state index >= 15 is 0 Å². The average molecular weight is 365 g/mol. The summed E-state index contributed by atoms with van der Waals surface area (Å²) in [5.74, 6) is 5.75. The molecule has 0 saturated heterocycles. The Kier molecular flexibility index (Phi) is 16.8. The molecule has 0 aliphatic rings. The topological polar surface area (TPSA) is 52.6 Å². The molecule has 0 saturated carbocycles. The van der Waals surface area contributed by atoms with Gasteiger partial charge in [-0.25, -0.2) is 0 Å². The second kappa shape index (κ2) is 18.0. The van der Waals surface area contributed by atoms with E-state index in [0.717, 1.165) is 31.3 Å². The highest BCUT2D eigenvalue weighted by Gasteiger charge is 2.06. The minimum atomic E-state index is -0.268. The van der Waals surface area contributed by atoms with Gasteiger partial charge in [-0.15, -0.1) is 11.8 Å². The smallest absolute Gasteiger partial charge is 0.306 e. The SMILES string of the molecule is CCC#CCCCCCCCCOC(=O)CCCC(=O)OCC=C(C)C. The Bertz CT molecular complexity index is 464. The van der Waals surface area contributed by atoms with E-state index in [1.807, 2.05) is 19.9 Å². The summed E-state index contributed by atoms with van der Waals surface area (Å²) in [6, 6.07) is 0. The molecule has 0 bridgehead atoms. The van der Waals surface area contributed by atoms with E-state index in [2.05, 4.69) is 18.8 Å². The summed E-state index contributed by atoms with van der Waals surface area (Å²) >= 11 is 0. The fourth-order valence-electron chi connectivity index (χ4n) is 2.24. The minimum absolute atomic E-state index is 0.225. The van der Waals surface area contributed by atoms with Crippen LogP contribution in [0.2, 0.25) is 0 Å². The molecule has 148 valence electrons. The molecule has 0 fully saturated rings. The van der Waals surface area contributed by atoms with Crippen LogP contribution in [0, 0.1) is 11.8 Å². The van der Waals surface area contributed by atoms with Gasteiger partial charge in [-0.3, -0.25) is 9.59 Å². The predicted molar refractivity (Wildman–Crippen MR) is 106 cm³/mol. The van der Waals surface area contributed by atoms with Crippen LogP contribution in [-0.2, 0) is 19.1 Å². The van der Waals surface area contributed by atoms with Gasteiger partial charge in [0.15, 0.2) is 0 Å². The molecule has 4 heteroatoms. The van der Waals surface area contributed by atoms with E-state index in [1.165, 1.54) is 25.7 Å². The van der Waals surface area contributed by atoms with Gasteiger partial charge in [0.25, 0.3) is 0 Å². The number of ether oxygens (including phenoxy) is 2. The summed E-state index contributed by atoms with van der Waals surface area (Å²) in [6.07, 6.45) is 11.6. The minimum Gasteiger partial charge on any atom is -0.466 e. The van der Waals surface area contributed by atoms with Crippen LogP contribution >= 0.6 is 0 Å². The van der Waals surface area contributed by atoms with E-state index in [0.29, 0.717) is 19.6 Å². The fourth-order valence-corrected chi connectivity index (χ4v) is 2.24. The van der Waals surface area contributed by atoms with Gasteiger partial charge in [0.1, 0.15) is 6.61 Å². The van der Waals surface area contributed by atoms with Crippen molar-refractivity contribution in [1.29, 1.82) is 0 Å². The van der Waals surface area contributed by atoms with Crippen molar-refractivity contribution >= 4 is 11.9 Å². The van der Waals surface area contributed by atoms with Crippen LogP contribution in [-0.4, -0.2) is 25.2 Å². The molecule has 0 aromatic heterocycles. The largest absolute Gasteiger partial charge is 0.466 e. The van der Waals surface area contributed by atoms with Crippen molar-refractivity contribution in [3.63, 3.8) is 0 Å². The van der Waals surface area contributed by atoms with E-state index in [1.54, 1.807) is 0 Å². The maximum Gasteiger partial charge on any atom is 0.306 e. The number of hydrogen-bond donors (Lipinski definition) is 0. The summed E-state index contributed by atoms with van der Waals surface area (Å²) in [5, 5.41) is 0. The molecular formula is C22H36O4. The number of rotatable bonds is 14. The second-order valence-corrected chi connectivity index (χ2v) is 6.62. The first-order chi connectivity index (χ1) is 12.6. The van der Waals surface area contributed by atoms with Gasteiger partial charge >= 0.3 is 11.9 Å². The van der Waals surface area contributed by atoms with Crippen molar-refractivity contribution in [3.05, 3.63) is 11.6 Å². The predicted octanol–water partition coefficient (Wildman–Crippen LogP) is 5.35. The lowest BCUT2D eigenvalue weighted by molar-refractivity contribution is -0.145. The average Bonchev–Trinajstić information content (AvgIpc) is 2.59. The maximum absolute atomic E-state index is 11.6. The molecule has 0 unspecified atom stereocenters. The Morgan fingerprint density at radius 3 is 2.08 bits per heavy atom. The molecule has 0 atom stereocenters. The van der Waals surface area contributed by atoms with Crippen LogP contribution in [0.4, 0.5) is 0 Å². The highest BCUT2D eigenvalue weighted by Crippen LogP contribution is 2.07. The lowest BCUT2D eigenvalue weighted by atomic mass is 10.1. The molecule has 4 nitrogen and oxygen atoms in total. The second-order valence-electron chi connectivity index (χ2n) is 6.62. The summed E-state index contributed by atoms with van der Waals surface area (Å²) in [7, 11) is 0. The molecule has 0 aliphatic carbocycles. The van der Waals surface area contributed by atoms with Crippen LogP contribution < -0.4 is 0 Å². The fraction of sp³-hybridized carbons (Fsp3) is 0.727. The van der Waals surface area contributed by atoms with Crippen molar-refractivity contribution in [3.8, 4) is 11.8 Å². The molecule has 0 aromatic carbocycles. The molecule has 0 spiro atoms. The number of esters is 2. The Hall–Kier alpha value is -1.76. The normalized spacial score (nSPS) is 9.81. The summed E-state index contributed by atoms with van der Waals surface area (Å²) in [4.78, 5) is 23.0. The standard InChI is InChI=1S/C22H36O4/c1-4-5-6-7-8-9-10-11-12-13-18-25-21(23)15-14-16-22(24)26-19-17-20(2)3/h17H,4,7-16,18-19H2,1-3H3. The van der Waals surface area contributed by atoms with Crippen LogP contribution in [0.15, 0.2) is 11.6 Å². The summed E-state index contributed by atoms with van der Waals surface area (Å²) < 4.78 is 10.2. The van der Waals surface area contributed by atoms with Gasteiger partial charge in [-0.1, -0.05) is 38.2 Å². The zero-order valence-corrected chi connectivity index (χ0v) is 16.9. The molecular weight excluding hydrogens is 328 g/mol. The number of carbonyl (C=O) groups excluding carboxylic acids is 2. The van der Waals surface area contributed by atoms with Crippen molar-refractivity contribution in [1.82, 2.24) is 0 Å². The van der Waals surface area contributed by atoms with Crippen molar-refractivity contribution in [2.24, 2.45) is 0 Å². The first-order valence-corrected chi connectivity index (χ1v) is 9.96. The van der Waals surface area contributed by atoms with Crippen LogP contribution in [0.5, 0.6) is 0 Å². The third-order valence-corrected chi connectivity index (χ3v) is 3.76. The highest BCUT2D eigenvalue weighted by molar-refractivity contribution is 5.72. The zero-order chi connectivity index (χ0) is 19.5. The van der Waals surface area contributed by atoms with Gasteiger partial charge in [0, 0.05) is 25.7 Å². The molecule has 26 heavy (non-hydrogen) atoms. The molecule has 0 aromatic rings. The number of carbonyl (C=O) groups is 2. The lowest BCUT2D eigenvalue weighted by Crippen LogP contribution is -2.09. The maximum atomic E-state index is 11.6. The van der Waals surface area contributed by atoms with Crippen molar-refractivity contribution < 1.29 is 19.1 Å². The zero-order valence-electron chi connectivity index (χ0n) is 16.9. The third kappa shape index (κ3) is 18.6. The number of allylic oxidation sites excluding steroid dienone is 1. The van der Waals surface area contributed by atoms with E-state index < -0.39 is 0 Å². The Labute approximate surface area is 159 Å². The first-order valence-electron chi connectivity index (χ1n) is 9.96. The van der Waals surface area contributed by atoms with E-state index in [-0.39, 0.29) is 24.8 Å². The van der Waals surface area contributed by atoms with Crippen molar-refractivity contribution in [2.45, 2.75) is 91.4 Å². The van der Waals surface area contributed by atoms with Crippen molar-refractivity contribution in [2.75, 3.05) is 13.2 Å². The quantitative estimate of drug-likeness (QED) is 0.180. The molecule has 0 aliphatic heterocycles. The van der Waals surface area contributed by atoms with Gasteiger partial charge in [-0.05, 0) is 39.2 Å². The summed E-state index contributed by atoms with van der Waals surface area (Å²) in [6.45, 7) is 6.76. The van der Waals surface area contributed by atoms with Crippen LogP contribution in [0.3, 0.4) is 0 Å². The first kappa shape index (κ1) is 24.2. The Morgan fingerprint density at radius 2 is 1.42 bits per heavy atom. The van der Waals surface area contributed by atoms with E-state index in [9.17, 15) is 9.59 Å². The monoisotopic (exact) mass is 364 g/mol. The van der Waals surface area contributed by atoms with Gasteiger partial charge < -0.3 is 9.47 Å². The molecule has 0 rings (SSSR count). The van der Waals surface area contributed by atoms with E-state index in [4.69, 9.17) is 9.47 Å². The van der Waals surface area contributed by atoms with Gasteiger partial charge in [0.05, 0.1) is 6.61 Å². The number of unbranched alkanes of at least 4 members (excludes halogenated alkanes) is 6. The number of hydrogen-bond acceptors (Lipinski definition) is 4. The van der Waals surface area contributed by atoms with Crippen LogP contribution in [0.25, 0.3) is 0 Å². The molecule has 0 amide bonds. The summed E-state index contributed by atoms with van der Waals surface area (Å²) in [5.41, 5.74) is 1.11. The Balaban J connectivity index is 3.39.